The smallest absolute Gasteiger partial charge is 0.364 e. The van der Waals surface area contributed by atoms with Crippen LogP contribution in [0.2, 0.25) is 0 Å². The minimum atomic E-state index is -1.13. The molecule has 13 atom stereocenters. The van der Waals surface area contributed by atoms with E-state index in [1.807, 2.05) is 97.8 Å². The fourth-order valence-corrected chi connectivity index (χ4v) is 13.6. The highest BCUT2D eigenvalue weighted by atomic mass is 27.1. The monoisotopic (exact) mass is 1360 g/mol. The summed E-state index contributed by atoms with van der Waals surface area (Å²) in [7, 11) is 8.40. The van der Waals surface area contributed by atoms with Crippen LogP contribution >= 0.6 is 0 Å². The molecule has 2 aliphatic heterocycles. The Kier molecular flexibility index (Phi) is 33.8. The number of hydrogen-bond donors (Lipinski definition) is 9. The Morgan fingerprint density at radius 1 is 0.677 bits per heavy atom. The molecule has 26 nitrogen and oxygen atoms in total. The molecule has 0 radical (unpaired) electrons. The minimum absolute atomic E-state index is 0.00625. The second-order valence-electron chi connectivity index (χ2n) is 27.2. The van der Waals surface area contributed by atoms with E-state index in [9.17, 15) is 52.7 Å². The molecule has 4 rings (SSSR count). The van der Waals surface area contributed by atoms with Gasteiger partial charge >= 0.3 is 22.5 Å². The quantitative estimate of drug-likeness (QED) is 0.0347. The normalized spacial score (nSPS) is 18.7. The molecule has 27 heteroatoms. The number of ether oxygens (including phenoxy) is 2. The zero-order valence-electron chi connectivity index (χ0n) is 59.7. The van der Waals surface area contributed by atoms with Crippen molar-refractivity contribution in [1.82, 2.24) is 55.8 Å². The van der Waals surface area contributed by atoms with Crippen molar-refractivity contribution in [2.24, 2.45) is 41.2 Å². The van der Waals surface area contributed by atoms with Crippen molar-refractivity contribution < 1.29 is 62.2 Å². The van der Waals surface area contributed by atoms with Crippen LogP contribution in [-0.2, 0) is 70.4 Å². The summed E-state index contributed by atoms with van der Waals surface area (Å²) >= 11 is 0.543. The van der Waals surface area contributed by atoms with Gasteiger partial charge in [0.25, 0.3) is 0 Å². The second kappa shape index (κ2) is 39.9. The lowest BCUT2D eigenvalue weighted by atomic mass is 9.89. The first kappa shape index (κ1) is 81.3. The largest absolute Gasteiger partial charge is 0.452 e. The standard InChI is InChI=1S/C69H111N13O13.Al.2H/c1-16-43(8)60(80(13)68(92)58(41(4)5)78-67(91)59(42(6)7)79(11)12)53(94-14)38-56(85)82-34-21-25-52(82)61(95-15)45(10)63(87)76-51(37-46-22-18-17-19-23-46)64(88)73-39-47-26-28-49(29-27-47)74-65(89)50(24-20-33-72-69(71)93)75-66(90)57(40(2)3)77-54(83)30-31-55(84)81-35-32-48(62(70)86)36-44(81)9;;;/h17-19,22-23,26-29,40-45,48,50-53,57-61H,16,20-21,24-25,30-39H2,1-15H3,(H11,70,71,72,73,74,75,76,77,78,83,86,87,88,89,90,91,93);;;/q;+1;;/p-1/t43-,44+,45+,48+,50-,51-,52-,53+,57-,58-,59-,60-,61+;;;/m0.../s1. The molecule has 0 aliphatic carbocycles. The summed E-state index contributed by atoms with van der Waals surface area (Å²) in [5.41, 5.74) is 7.09. The number of piperidine rings is 1. The number of nitrogens with one attached hydrogen (secondary N) is 8. The lowest BCUT2D eigenvalue weighted by molar-refractivity contribution is -0.148. The van der Waals surface area contributed by atoms with Crippen molar-refractivity contribution >= 4 is 87.3 Å². The molecular formula is C69H112AlN13O13. The SMILES string of the molecule is CC[C@H](C)[C@@H]([C@@H](CC(=O)N1CCC[C@H]1[C@H](OC)[C@@H](C)C(=O)N[C@@H](Cc1ccccc1)C(=O)NCc1ccc(NC(=O)[C@H](CCCNC(N)=O)NC(=O)[C@@H](NC(=O)CCC(=O)N2CC[C@@H](C(=O)[NH][AlH2])C[C@H]2C)C(C)C)cc1)OC)N(C)C(=O)[C@@H](NC(=O)[C@H](C(C)C)N(C)C)C(C)C. The average Bonchev–Trinajstić information content (AvgIpc) is 1.53. The predicted molar refractivity (Wildman–Crippen MR) is 370 cm³/mol. The summed E-state index contributed by atoms with van der Waals surface area (Å²) in [5.74, 6) is -5.42. The van der Waals surface area contributed by atoms with Crippen LogP contribution in [0.1, 0.15) is 145 Å². The number of carbonyl (C=O) groups excluding carboxylic acids is 11. The van der Waals surface area contributed by atoms with Crippen LogP contribution in [0, 0.1) is 35.5 Å². The highest BCUT2D eigenvalue weighted by Crippen LogP contribution is 2.31. The second-order valence-corrected chi connectivity index (χ2v) is 27.7. The lowest BCUT2D eigenvalue weighted by Crippen LogP contribution is -2.59. The number of primary amides is 1. The topological polar surface area (TPSA) is 341 Å². The number of anilines is 1. The predicted octanol–water partition coefficient (Wildman–Crippen LogP) is 2.76. The Bertz CT molecular complexity index is 2900. The van der Waals surface area contributed by atoms with Crippen LogP contribution in [0.25, 0.3) is 0 Å². The van der Waals surface area contributed by atoms with Gasteiger partial charge in [-0.1, -0.05) is 111 Å². The average molecular weight is 1360 g/mol. The minimum Gasteiger partial charge on any atom is -0.452 e. The molecule has 2 saturated heterocycles. The third kappa shape index (κ3) is 24.1. The van der Waals surface area contributed by atoms with E-state index >= 15 is 0 Å². The number of carbonyl (C=O) groups is 11. The van der Waals surface area contributed by atoms with Gasteiger partial charge in [-0.05, 0) is 106 Å². The Morgan fingerprint density at radius 3 is 1.89 bits per heavy atom. The van der Waals surface area contributed by atoms with Crippen LogP contribution < -0.4 is 47.3 Å². The number of rotatable bonds is 37. The maximum absolute atomic E-state index is 14.6. The molecule has 2 aromatic carbocycles. The van der Waals surface area contributed by atoms with E-state index < -0.39 is 102 Å². The summed E-state index contributed by atoms with van der Waals surface area (Å²) in [6.45, 7) is 19.8. The van der Waals surface area contributed by atoms with E-state index in [1.54, 1.807) is 66.8 Å². The van der Waals surface area contributed by atoms with Crippen molar-refractivity contribution in [1.29, 1.82) is 0 Å². The number of hydrogen-bond acceptors (Lipinski definition) is 14. The molecule has 96 heavy (non-hydrogen) atoms. The molecule has 0 unspecified atom stereocenters. The van der Waals surface area contributed by atoms with Crippen LogP contribution in [-0.4, -0.2) is 217 Å². The van der Waals surface area contributed by atoms with Crippen molar-refractivity contribution in [3.63, 3.8) is 0 Å². The van der Waals surface area contributed by atoms with Crippen LogP contribution in [0.5, 0.6) is 0 Å². The van der Waals surface area contributed by atoms with E-state index in [0.717, 1.165) is 5.56 Å². The molecule has 10 N–H and O–H groups in total. The fraction of sp³-hybridized carbons (Fsp3) is 0.667. The maximum Gasteiger partial charge on any atom is 0.364 e. The van der Waals surface area contributed by atoms with E-state index in [1.165, 1.54) is 14.2 Å². The number of urea groups is 1. The molecule has 0 saturated carbocycles. The van der Waals surface area contributed by atoms with Crippen LogP contribution in [0.15, 0.2) is 54.6 Å². The molecule has 0 spiro atoms. The zero-order valence-corrected chi connectivity index (χ0v) is 61.7. The number of likely N-dealkylation sites (tertiary alicyclic amines) is 2. The first-order chi connectivity index (χ1) is 45.4. The van der Waals surface area contributed by atoms with Crippen molar-refractivity contribution in [3.05, 3.63) is 65.7 Å². The van der Waals surface area contributed by atoms with E-state index in [2.05, 4.69) is 41.5 Å². The molecule has 2 aromatic rings. The van der Waals surface area contributed by atoms with Crippen LogP contribution in [0.3, 0.4) is 0 Å². The third-order valence-corrected chi connectivity index (χ3v) is 19.3. The Morgan fingerprint density at radius 2 is 1.32 bits per heavy atom. The molecule has 2 heterocycles. The van der Waals surface area contributed by atoms with Gasteiger partial charge in [0.15, 0.2) is 5.91 Å². The summed E-state index contributed by atoms with van der Waals surface area (Å²) in [5, 5.41) is 19.8. The first-order valence-corrected chi connectivity index (χ1v) is 35.1. The van der Waals surface area contributed by atoms with Gasteiger partial charge in [-0.25, -0.2) is 4.79 Å². The van der Waals surface area contributed by atoms with Gasteiger partial charge in [0.05, 0.1) is 42.7 Å². The van der Waals surface area contributed by atoms with Crippen molar-refractivity contribution in [3.8, 4) is 0 Å². The van der Waals surface area contributed by atoms with Gasteiger partial charge < -0.3 is 71.4 Å². The highest BCUT2D eigenvalue weighted by molar-refractivity contribution is 6.14. The number of benzene rings is 2. The molecule has 534 valence electrons. The summed E-state index contributed by atoms with van der Waals surface area (Å²) in [4.78, 5) is 156. The van der Waals surface area contributed by atoms with E-state index in [0.29, 0.717) is 73.0 Å². The fourth-order valence-electron chi connectivity index (χ4n) is 13.2. The van der Waals surface area contributed by atoms with Gasteiger partial charge in [0.1, 0.15) is 24.2 Å². The Balaban J connectivity index is 1.43. The number of amides is 12. The molecular weight excluding hydrogens is 1250 g/mol. The third-order valence-electron chi connectivity index (χ3n) is 18.8. The highest BCUT2D eigenvalue weighted by Gasteiger charge is 2.44. The zero-order chi connectivity index (χ0) is 71.7. The Hall–Kier alpha value is -7.18. The van der Waals surface area contributed by atoms with E-state index in [-0.39, 0.29) is 111 Å². The molecule has 0 bridgehead atoms. The number of likely N-dealkylation sites (N-methyl/N-ethyl adjacent to an activating group) is 2. The van der Waals surface area contributed by atoms with E-state index in [4.69, 9.17) is 15.2 Å². The van der Waals surface area contributed by atoms with Crippen molar-refractivity contribution in [2.45, 2.75) is 207 Å². The van der Waals surface area contributed by atoms with Gasteiger partial charge in [-0.3, -0.25) is 52.8 Å². The first-order valence-electron chi connectivity index (χ1n) is 34.1. The molecule has 0 aromatic heterocycles. The molecule has 2 aliphatic rings. The summed E-state index contributed by atoms with van der Waals surface area (Å²) in [6.07, 6.45) is 1.59. The van der Waals surface area contributed by atoms with Gasteiger partial charge in [-0.2, -0.15) is 0 Å². The molecule has 12 amide bonds. The summed E-state index contributed by atoms with van der Waals surface area (Å²) in [6, 6.07) is 9.41. The number of nitrogens with two attached hydrogens (primary N) is 1. The van der Waals surface area contributed by atoms with Gasteiger partial charge in [-0.15, -0.1) is 0 Å². The van der Waals surface area contributed by atoms with Crippen LogP contribution in [0.4, 0.5) is 10.5 Å². The summed E-state index contributed by atoms with van der Waals surface area (Å²) < 4.78 is 15.0. The van der Waals surface area contributed by atoms with Gasteiger partial charge in [0.2, 0.25) is 53.2 Å². The lowest BCUT2D eigenvalue weighted by Gasteiger charge is -2.41. The number of nitrogens with zero attached hydrogens (tertiary/aromatic N) is 4. The Labute approximate surface area is 576 Å². The van der Waals surface area contributed by atoms with Crippen molar-refractivity contribution in [2.75, 3.05) is 60.3 Å². The van der Waals surface area contributed by atoms with Gasteiger partial charge in [0, 0.05) is 84.4 Å². The molecule has 2 fully saturated rings. The maximum atomic E-state index is 14.6. The number of methoxy groups -OCH3 is 2.